The summed E-state index contributed by atoms with van der Waals surface area (Å²) in [5, 5.41) is 16.8. The summed E-state index contributed by atoms with van der Waals surface area (Å²) in [5.74, 6) is -1.99. The highest BCUT2D eigenvalue weighted by Crippen LogP contribution is 2.44. The molecule has 0 aromatic heterocycles. The molecule has 9 heteroatoms. The number of aliphatic carboxylic acids is 1. The first kappa shape index (κ1) is 25.7. The number of hydrogen-bond donors (Lipinski definition) is 4. The molecule has 9 nitrogen and oxygen atoms in total. The highest BCUT2D eigenvalue weighted by Gasteiger charge is 2.30. The third kappa shape index (κ3) is 7.05. The summed E-state index contributed by atoms with van der Waals surface area (Å²) >= 11 is 0. The van der Waals surface area contributed by atoms with Crippen LogP contribution in [0.3, 0.4) is 0 Å². The molecule has 3 rings (SSSR count). The molecule has 0 saturated carbocycles. The van der Waals surface area contributed by atoms with Crippen LogP contribution in [0.2, 0.25) is 0 Å². The number of carboxylic acids is 1. The highest BCUT2D eigenvalue weighted by atomic mass is 16.5. The zero-order valence-corrected chi connectivity index (χ0v) is 19.7. The van der Waals surface area contributed by atoms with Crippen molar-refractivity contribution >= 4 is 23.9 Å². The van der Waals surface area contributed by atoms with Gasteiger partial charge in [-0.15, -0.1) is 0 Å². The third-order valence-corrected chi connectivity index (χ3v) is 5.82. The largest absolute Gasteiger partial charge is 0.481 e. The molecule has 3 amide bonds. The van der Waals surface area contributed by atoms with Crippen molar-refractivity contribution in [3.05, 3.63) is 59.7 Å². The van der Waals surface area contributed by atoms with Gasteiger partial charge in [0.1, 0.15) is 12.6 Å². The lowest BCUT2D eigenvalue weighted by Crippen LogP contribution is -2.48. The molecule has 0 fully saturated rings. The molecular formula is C26H31N3O6. The van der Waals surface area contributed by atoms with E-state index >= 15 is 0 Å². The van der Waals surface area contributed by atoms with Gasteiger partial charge in [0.25, 0.3) is 0 Å². The van der Waals surface area contributed by atoms with Gasteiger partial charge in [0.05, 0.1) is 0 Å². The molecule has 1 aliphatic rings. The summed E-state index contributed by atoms with van der Waals surface area (Å²) in [4.78, 5) is 47.9. The zero-order chi connectivity index (χ0) is 25.2. The molecule has 4 N–H and O–H groups in total. The normalized spacial score (nSPS) is 12.7. The Bertz CT molecular complexity index is 1030. The third-order valence-electron chi connectivity index (χ3n) is 5.82. The molecule has 2 aromatic rings. The minimum Gasteiger partial charge on any atom is -0.481 e. The average molecular weight is 482 g/mol. The number of amides is 3. The van der Waals surface area contributed by atoms with Crippen molar-refractivity contribution in [2.24, 2.45) is 0 Å². The van der Waals surface area contributed by atoms with Gasteiger partial charge in [-0.3, -0.25) is 14.4 Å². The molecule has 0 bridgehead atoms. The van der Waals surface area contributed by atoms with Gasteiger partial charge in [0.2, 0.25) is 11.8 Å². The number of nitrogens with one attached hydrogen (secondary N) is 3. The Labute approximate surface area is 204 Å². The van der Waals surface area contributed by atoms with Crippen LogP contribution in [0.25, 0.3) is 11.1 Å². The van der Waals surface area contributed by atoms with Crippen molar-refractivity contribution in [2.75, 3.05) is 19.7 Å². The fourth-order valence-corrected chi connectivity index (χ4v) is 4.09. The van der Waals surface area contributed by atoms with Crippen LogP contribution in [0.15, 0.2) is 48.5 Å². The van der Waals surface area contributed by atoms with Crippen LogP contribution in [0.4, 0.5) is 4.79 Å². The van der Waals surface area contributed by atoms with E-state index in [0.29, 0.717) is 6.54 Å². The summed E-state index contributed by atoms with van der Waals surface area (Å²) in [5.41, 5.74) is 4.31. The van der Waals surface area contributed by atoms with Crippen LogP contribution in [-0.2, 0) is 19.1 Å². The Hall–Kier alpha value is -3.88. The Kier molecular flexibility index (Phi) is 9.23. The SMILES string of the molecule is CCCNC(=O)CCNC(=O)C(CCC(=O)O)NC(=O)OCC1c2ccccc2-c2ccccc21. The van der Waals surface area contributed by atoms with Gasteiger partial charge >= 0.3 is 12.1 Å². The first-order valence-corrected chi connectivity index (χ1v) is 11.8. The van der Waals surface area contributed by atoms with E-state index in [1.807, 2.05) is 55.5 Å². The molecule has 0 saturated heterocycles. The van der Waals surface area contributed by atoms with Crippen molar-refractivity contribution in [1.82, 2.24) is 16.0 Å². The average Bonchev–Trinajstić information content (AvgIpc) is 3.17. The van der Waals surface area contributed by atoms with Gasteiger partial charge in [0.15, 0.2) is 0 Å². The van der Waals surface area contributed by atoms with Gasteiger partial charge in [-0.25, -0.2) is 4.79 Å². The first-order valence-electron chi connectivity index (χ1n) is 11.8. The Balaban J connectivity index is 1.57. The summed E-state index contributed by atoms with van der Waals surface area (Å²) < 4.78 is 5.47. The molecule has 0 aliphatic heterocycles. The van der Waals surface area contributed by atoms with Crippen molar-refractivity contribution in [2.45, 2.75) is 44.6 Å². The van der Waals surface area contributed by atoms with Crippen LogP contribution < -0.4 is 16.0 Å². The number of hydrogen-bond acceptors (Lipinski definition) is 5. The van der Waals surface area contributed by atoms with E-state index in [1.54, 1.807) is 0 Å². The molecule has 0 radical (unpaired) electrons. The van der Waals surface area contributed by atoms with Gasteiger partial charge in [-0.1, -0.05) is 55.5 Å². The van der Waals surface area contributed by atoms with E-state index in [-0.39, 0.29) is 44.2 Å². The van der Waals surface area contributed by atoms with Crippen molar-refractivity contribution in [1.29, 1.82) is 0 Å². The molecule has 1 aliphatic carbocycles. The predicted octanol–water partition coefficient (Wildman–Crippen LogP) is 2.79. The zero-order valence-electron chi connectivity index (χ0n) is 19.7. The molecule has 35 heavy (non-hydrogen) atoms. The van der Waals surface area contributed by atoms with E-state index in [2.05, 4.69) is 16.0 Å². The number of carbonyl (C=O) groups is 4. The summed E-state index contributed by atoms with van der Waals surface area (Å²) in [6, 6.07) is 14.8. The lowest BCUT2D eigenvalue weighted by molar-refractivity contribution is -0.137. The number of carbonyl (C=O) groups excluding carboxylic acids is 3. The van der Waals surface area contributed by atoms with E-state index in [0.717, 1.165) is 28.7 Å². The van der Waals surface area contributed by atoms with Crippen LogP contribution in [-0.4, -0.2) is 54.7 Å². The molecule has 186 valence electrons. The number of carboxylic acid groups (broad SMARTS) is 1. The number of alkyl carbamates (subject to hydrolysis) is 1. The van der Waals surface area contributed by atoms with Gasteiger partial charge in [-0.2, -0.15) is 0 Å². The Morgan fingerprint density at radius 3 is 2.14 bits per heavy atom. The standard InChI is InChI=1S/C26H31N3O6/c1-2-14-27-23(30)13-15-28-25(33)22(11-12-24(31)32)29-26(34)35-16-21-19-9-5-3-7-17(19)18-8-4-6-10-20(18)21/h3-10,21-22H,2,11-16H2,1H3,(H,27,30)(H,28,33)(H,29,34)(H,31,32). The number of rotatable bonds is 12. The topological polar surface area (TPSA) is 134 Å². The number of ether oxygens (including phenoxy) is 1. The minimum atomic E-state index is -1.10. The maximum atomic E-state index is 12.6. The fourth-order valence-electron chi connectivity index (χ4n) is 4.09. The van der Waals surface area contributed by atoms with Crippen LogP contribution in [0, 0.1) is 0 Å². The molecule has 0 spiro atoms. The smallest absolute Gasteiger partial charge is 0.407 e. The van der Waals surface area contributed by atoms with E-state index < -0.39 is 24.0 Å². The second-order valence-electron chi connectivity index (χ2n) is 8.35. The van der Waals surface area contributed by atoms with E-state index in [1.165, 1.54) is 0 Å². The second-order valence-corrected chi connectivity index (χ2v) is 8.35. The van der Waals surface area contributed by atoms with Gasteiger partial charge in [-0.05, 0) is 35.1 Å². The monoisotopic (exact) mass is 481 g/mol. The van der Waals surface area contributed by atoms with E-state index in [4.69, 9.17) is 9.84 Å². The van der Waals surface area contributed by atoms with Crippen molar-refractivity contribution in [3.63, 3.8) is 0 Å². The second kappa shape index (κ2) is 12.5. The van der Waals surface area contributed by atoms with Gasteiger partial charge < -0.3 is 25.8 Å². The summed E-state index contributed by atoms with van der Waals surface area (Å²) in [6.07, 6.45) is -0.327. The predicted molar refractivity (Wildman–Crippen MR) is 130 cm³/mol. The van der Waals surface area contributed by atoms with E-state index in [9.17, 15) is 19.2 Å². The maximum Gasteiger partial charge on any atom is 0.407 e. The molecule has 1 atom stereocenters. The van der Waals surface area contributed by atoms with Crippen LogP contribution >= 0.6 is 0 Å². The lowest BCUT2D eigenvalue weighted by atomic mass is 9.98. The van der Waals surface area contributed by atoms with Crippen LogP contribution in [0.1, 0.15) is 49.7 Å². The Morgan fingerprint density at radius 2 is 1.54 bits per heavy atom. The lowest BCUT2D eigenvalue weighted by Gasteiger charge is -2.19. The quantitative estimate of drug-likeness (QED) is 0.368. The molecular weight excluding hydrogens is 450 g/mol. The highest BCUT2D eigenvalue weighted by molar-refractivity contribution is 5.87. The molecule has 1 unspecified atom stereocenters. The van der Waals surface area contributed by atoms with Crippen LogP contribution in [0.5, 0.6) is 0 Å². The van der Waals surface area contributed by atoms with Gasteiger partial charge in [0, 0.05) is 31.8 Å². The molecule has 2 aromatic carbocycles. The minimum absolute atomic E-state index is 0.0737. The summed E-state index contributed by atoms with van der Waals surface area (Å²) in [6.45, 7) is 2.64. The fraction of sp³-hybridized carbons (Fsp3) is 0.385. The first-order chi connectivity index (χ1) is 16.9. The summed E-state index contributed by atoms with van der Waals surface area (Å²) in [7, 11) is 0. The van der Waals surface area contributed by atoms with Crippen molar-refractivity contribution < 1.29 is 29.0 Å². The number of fused-ring (bicyclic) bond motifs is 3. The molecule has 0 heterocycles. The maximum absolute atomic E-state index is 12.6. The number of benzene rings is 2. The van der Waals surface area contributed by atoms with Crippen molar-refractivity contribution in [3.8, 4) is 11.1 Å². The Morgan fingerprint density at radius 1 is 0.914 bits per heavy atom.